The van der Waals surface area contributed by atoms with Gasteiger partial charge in [-0.1, -0.05) is 67.6 Å². The van der Waals surface area contributed by atoms with Crippen LogP contribution in [0.1, 0.15) is 29.2 Å². The molecule has 0 saturated carbocycles. The van der Waals surface area contributed by atoms with E-state index in [1.165, 1.54) is 17.7 Å². The van der Waals surface area contributed by atoms with Crippen molar-refractivity contribution in [1.29, 1.82) is 0 Å². The van der Waals surface area contributed by atoms with Crippen molar-refractivity contribution in [3.05, 3.63) is 131 Å². The van der Waals surface area contributed by atoms with E-state index in [0.717, 1.165) is 18.1 Å². The summed E-state index contributed by atoms with van der Waals surface area (Å²) in [7, 11) is 0. The van der Waals surface area contributed by atoms with Crippen LogP contribution in [-0.4, -0.2) is 29.7 Å². The lowest BCUT2D eigenvalue weighted by Gasteiger charge is -2.25. The molecule has 208 valence electrons. The summed E-state index contributed by atoms with van der Waals surface area (Å²) < 4.78 is 33.8. The fourth-order valence-electron chi connectivity index (χ4n) is 4.53. The Morgan fingerprint density at radius 1 is 0.850 bits per heavy atom. The van der Waals surface area contributed by atoms with E-state index in [1.54, 1.807) is 12.1 Å². The molecule has 0 aliphatic heterocycles. The largest absolute Gasteiger partial charge is 0.457 e. The minimum Gasteiger partial charge on any atom is -0.457 e. The van der Waals surface area contributed by atoms with Crippen molar-refractivity contribution in [3.63, 3.8) is 0 Å². The predicted molar refractivity (Wildman–Crippen MR) is 152 cm³/mol. The van der Waals surface area contributed by atoms with Gasteiger partial charge in [-0.2, -0.15) is 0 Å². The number of hydrogen-bond donors (Lipinski definition) is 3. The molecule has 4 aromatic carbocycles. The van der Waals surface area contributed by atoms with Gasteiger partial charge in [0.2, 0.25) is 5.91 Å². The average molecular weight is 545 g/mol. The maximum Gasteiger partial charge on any atom is 0.224 e. The second-order valence-corrected chi connectivity index (χ2v) is 9.73. The standard InChI is InChI=1S/C33H34F2N2O3/c1-2-23-9-8-10-24(15-23)21-36-22-31(38)30(18-25-16-27(34)20-28(35)17-25)37-33(39)19-26-11-6-7-14-32(26)40-29-12-4-3-5-13-29/h3-17,20,30-31,36,38H,2,18-19,21-22H2,1H3,(H,37,39)/t30-,31-/m0/s1. The Kier molecular flexibility index (Phi) is 10.4. The molecule has 2 atom stereocenters. The van der Waals surface area contributed by atoms with Crippen LogP contribution in [0.15, 0.2) is 97.1 Å². The molecule has 3 N–H and O–H groups in total. The van der Waals surface area contributed by atoms with E-state index < -0.39 is 23.8 Å². The third kappa shape index (κ3) is 8.73. The summed E-state index contributed by atoms with van der Waals surface area (Å²) in [4.78, 5) is 13.2. The second kappa shape index (κ2) is 14.4. The van der Waals surface area contributed by atoms with Gasteiger partial charge in [0, 0.05) is 24.7 Å². The van der Waals surface area contributed by atoms with Crippen LogP contribution in [0, 0.1) is 11.6 Å². The second-order valence-electron chi connectivity index (χ2n) is 9.73. The Balaban J connectivity index is 1.44. The molecule has 0 unspecified atom stereocenters. The number of aliphatic hydroxyl groups is 1. The summed E-state index contributed by atoms with van der Waals surface area (Å²) in [6, 6.07) is 27.1. The van der Waals surface area contributed by atoms with E-state index in [1.807, 2.05) is 54.6 Å². The van der Waals surface area contributed by atoms with Gasteiger partial charge in [0.05, 0.1) is 18.6 Å². The zero-order valence-corrected chi connectivity index (χ0v) is 22.4. The van der Waals surface area contributed by atoms with Crippen LogP contribution in [0.5, 0.6) is 11.5 Å². The number of carbonyl (C=O) groups is 1. The molecular formula is C33H34F2N2O3. The van der Waals surface area contributed by atoms with Gasteiger partial charge in [0.1, 0.15) is 23.1 Å². The van der Waals surface area contributed by atoms with Gasteiger partial charge >= 0.3 is 0 Å². The lowest BCUT2D eigenvalue weighted by molar-refractivity contribution is -0.122. The fraction of sp³-hybridized carbons (Fsp3) is 0.242. The quantitative estimate of drug-likeness (QED) is 0.201. The molecule has 7 heteroatoms. The van der Waals surface area contributed by atoms with Crippen molar-refractivity contribution in [2.24, 2.45) is 0 Å². The number of nitrogens with one attached hydrogen (secondary N) is 2. The average Bonchev–Trinajstić information content (AvgIpc) is 2.94. The molecule has 4 rings (SSSR count). The molecular weight excluding hydrogens is 510 g/mol. The highest BCUT2D eigenvalue weighted by molar-refractivity contribution is 5.79. The summed E-state index contributed by atoms with van der Waals surface area (Å²) >= 11 is 0. The van der Waals surface area contributed by atoms with Gasteiger partial charge in [0.15, 0.2) is 0 Å². The van der Waals surface area contributed by atoms with Gasteiger partial charge in [-0.3, -0.25) is 4.79 Å². The lowest BCUT2D eigenvalue weighted by atomic mass is 10.00. The first-order chi connectivity index (χ1) is 19.4. The van der Waals surface area contributed by atoms with Gasteiger partial charge in [0.25, 0.3) is 0 Å². The minimum atomic E-state index is -1.01. The fourth-order valence-corrected chi connectivity index (χ4v) is 4.53. The Morgan fingerprint density at radius 2 is 1.55 bits per heavy atom. The van der Waals surface area contributed by atoms with Crippen LogP contribution in [0.2, 0.25) is 0 Å². The monoisotopic (exact) mass is 544 g/mol. The number of hydrogen-bond acceptors (Lipinski definition) is 4. The van der Waals surface area contributed by atoms with E-state index in [0.29, 0.717) is 29.2 Å². The normalized spacial score (nSPS) is 12.5. The van der Waals surface area contributed by atoms with Crippen molar-refractivity contribution in [1.82, 2.24) is 10.6 Å². The summed E-state index contributed by atoms with van der Waals surface area (Å²) in [5.74, 6) is -0.580. The number of ether oxygens (including phenoxy) is 1. The molecule has 1 amide bonds. The summed E-state index contributed by atoms with van der Waals surface area (Å²) in [6.45, 7) is 2.79. The Morgan fingerprint density at radius 3 is 2.30 bits per heavy atom. The highest BCUT2D eigenvalue weighted by atomic mass is 19.1. The number of aliphatic hydroxyl groups excluding tert-OH is 1. The van der Waals surface area contributed by atoms with Gasteiger partial charge in [-0.15, -0.1) is 0 Å². The lowest BCUT2D eigenvalue weighted by Crippen LogP contribution is -2.49. The third-order valence-electron chi connectivity index (χ3n) is 6.57. The number of para-hydroxylation sites is 2. The Labute approximate surface area is 233 Å². The van der Waals surface area contributed by atoms with E-state index >= 15 is 0 Å². The number of rotatable bonds is 13. The van der Waals surface area contributed by atoms with Crippen molar-refractivity contribution < 1.29 is 23.4 Å². The summed E-state index contributed by atoms with van der Waals surface area (Å²) in [6.07, 6.45) is -0.0353. The van der Waals surface area contributed by atoms with Crippen LogP contribution in [-0.2, 0) is 30.6 Å². The maximum absolute atomic E-state index is 13.9. The van der Waals surface area contributed by atoms with E-state index in [-0.39, 0.29) is 25.3 Å². The minimum absolute atomic E-state index is 0.000970. The summed E-state index contributed by atoms with van der Waals surface area (Å²) in [5.41, 5.74) is 3.30. The first-order valence-corrected chi connectivity index (χ1v) is 13.4. The molecule has 5 nitrogen and oxygen atoms in total. The number of carbonyl (C=O) groups excluding carboxylic acids is 1. The van der Waals surface area contributed by atoms with Crippen LogP contribution < -0.4 is 15.4 Å². The Hall–Kier alpha value is -4.07. The zero-order chi connectivity index (χ0) is 28.3. The van der Waals surface area contributed by atoms with Crippen LogP contribution in [0.25, 0.3) is 0 Å². The van der Waals surface area contributed by atoms with E-state index in [9.17, 15) is 18.7 Å². The third-order valence-corrected chi connectivity index (χ3v) is 6.57. The van der Waals surface area contributed by atoms with E-state index in [2.05, 4.69) is 29.7 Å². The van der Waals surface area contributed by atoms with Crippen LogP contribution in [0.4, 0.5) is 8.78 Å². The molecule has 0 aliphatic rings. The predicted octanol–water partition coefficient (Wildman–Crippen LogP) is 5.74. The molecule has 0 spiro atoms. The molecule has 0 aliphatic carbocycles. The van der Waals surface area contributed by atoms with Crippen LogP contribution in [0.3, 0.4) is 0 Å². The molecule has 40 heavy (non-hydrogen) atoms. The molecule has 4 aromatic rings. The topological polar surface area (TPSA) is 70.6 Å². The molecule has 0 fully saturated rings. The highest BCUT2D eigenvalue weighted by Gasteiger charge is 2.23. The maximum atomic E-state index is 13.9. The highest BCUT2D eigenvalue weighted by Crippen LogP contribution is 2.25. The molecule has 0 bridgehead atoms. The first kappa shape index (κ1) is 28.9. The molecule has 0 saturated heterocycles. The zero-order valence-electron chi connectivity index (χ0n) is 22.4. The number of benzene rings is 4. The smallest absolute Gasteiger partial charge is 0.224 e. The number of amides is 1. The number of halogens is 2. The molecule has 0 radical (unpaired) electrons. The van der Waals surface area contributed by atoms with Gasteiger partial charge in [-0.25, -0.2) is 8.78 Å². The van der Waals surface area contributed by atoms with E-state index in [4.69, 9.17) is 4.74 Å². The van der Waals surface area contributed by atoms with Gasteiger partial charge in [-0.05, 0) is 59.9 Å². The van der Waals surface area contributed by atoms with Crippen molar-refractivity contribution in [2.75, 3.05) is 6.54 Å². The van der Waals surface area contributed by atoms with Gasteiger partial charge < -0.3 is 20.5 Å². The van der Waals surface area contributed by atoms with Crippen LogP contribution >= 0.6 is 0 Å². The SMILES string of the molecule is CCc1cccc(CNC[C@H](O)[C@H](Cc2cc(F)cc(F)c2)NC(=O)Cc2ccccc2Oc2ccccc2)c1. The van der Waals surface area contributed by atoms with Crippen molar-refractivity contribution in [2.45, 2.75) is 44.9 Å². The number of aryl methyl sites for hydroxylation is 1. The molecule has 0 aromatic heterocycles. The summed E-state index contributed by atoms with van der Waals surface area (Å²) in [5, 5.41) is 17.2. The van der Waals surface area contributed by atoms with Crippen molar-refractivity contribution in [3.8, 4) is 11.5 Å². The Bertz CT molecular complexity index is 1380. The first-order valence-electron chi connectivity index (χ1n) is 13.4. The molecule has 0 heterocycles. The van der Waals surface area contributed by atoms with Crippen molar-refractivity contribution >= 4 is 5.91 Å².